The Morgan fingerprint density at radius 3 is 2.79 bits per heavy atom. The first-order valence-corrected chi connectivity index (χ1v) is 4.31. The number of halogens is 1. The smallest absolute Gasteiger partial charge is 0.348 e. The molecule has 76 valence electrons. The standard InChI is InChI=1S/C7H9ClN4O2/c1-3-11(2)7-5(12(13)14)6(8)9-4-10-7/h4H,3H2,1-2H3. The second-order valence-electron chi connectivity index (χ2n) is 2.61. The summed E-state index contributed by atoms with van der Waals surface area (Å²) in [4.78, 5) is 19.1. The molecule has 0 fully saturated rings. The van der Waals surface area contributed by atoms with Crippen molar-refractivity contribution in [2.75, 3.05) is 18.5 Å². The van der Waals surface area contributed by atoms with Gasteiger partial charge in [0.15, 0.2) is 0 Å². The Kier molecular flexibility index (Phi) is 3.19. The third-order valence-electron chi connectivity index (χ3n) is 1.78. The largest absolute Gasteiger partial charge is 0.354 e. The SMILES string of the molecule is CCN(C)c1ncnc(Cl)c1[N+](=O)[O-]. The highest BCUT2D eigenvalue weighted by Gasteiger charge is 2.23. The van der Waals surface area contributed by atoms with E-state index in [4.69, 9.17) is 11.6 Å². The number of aromatic nitrogens is 2. The molecule has 1 rings (SSSR count). The molecule has 0 aliphatic carbocycles. The highest BCUT2D eigenvalue weighted by Crippen LogP contribution is 2.30. The molecule has 0 spiro atoms. The molecule has 1 aromatic heterocycles. The fraction of sp³-hybridized carbons (Fsp3) is 0.429. The molecule has 1 aromatic rings. The molecule has 0 amide bonds. The molecular weight excluding hydrogens is 208 g/mol. The molecule has 1 heterocycles. The van der Waals surface area contributed by atoms with E-state index >= 15 is 0 Å². The Morgan fingerprint density at radius 2 is 2.29 bits per heavy atom. The zero-order chi connectivity index (χ0) is 10.7. The number of hydrogen-bond donors (Lipinski definition) is 0. The van der Waals surface area contributed by atoms with Gasteiger partial charge in [-0.05, 0) is 6.92 Å². The van der Waals surface area contributed by atoms with E-state index in [1.54, 1.807) is 11.9 Å². The van der Waals surface area contributed by atoms with Crippen molar-refractivity contribution in [2.45, 2.75) is 6.92 Å². The van der Waals surface area contributed by atoms with Crippen LogP contribution >= 0.6 is 11.6 Å². The second-order valence-corrected chi connectivity index (χ2v) is 2.97. The van der Waals surface area contributed by atoms with Gasteiger partial charge < -0.3 is 4.90 Å². The van der Waals surface area contributed by atoms with Gasteiger partial charge in [0.25, 0.3) is 0 Å². The summed E-state index contributed by atoms with van der Waals surface area (Å²) in [7, 11) is 1.70. The highest BCUT2D eigenvalue weighted by molar-refractivity contribution is 6.31. The molecule has 0 unspecified atom stereocenters. The van der Waals surface area contributed by atoms with Crippen molar-refractivity contribution in [1.82, 2.24) is 9.97 Å². The normalized spacial score (nSPS) is 9.93. The van der Waals surface area contributed by atoms with Crippen LogP contribution in [0.15, 0.2) is 6.33 Å². The first-order chi connectivity index (χ1) is 6.57. The molecule has 0 bridgehead atoms. The summed E-state index contributed by atoms with van der Waals surface area (Å²) in [5.41, 5.74) is -0.251. The predicted octanol–water partition coefficient (Wildman–Crippen LogP) is 1.49. The Labute approximate surface area is 85.7 Å². The third kappa shape index (κ3) is 1.90. The van der Waals surface area contributed by atoms with Gasteiger partial charge >= 0.3 is 5.69 Å². The number of nitrogens with zero attached hydrogens (tertiary/aromatic N) is 4. The van der Waals surface area contributed by atoms with E-state index in [1.807, 2.05) is 6.92 Å². The van der Waals surface area contributed by atoms with Gasteiger partial charge in [-0.3, -0.25) is 10.1 Å². The van der Waals surface area contributed by atoms with Crippen LogP contribution in [0.5, 0.6) is 0 Å². The molecule has 6 nitrogen and oxygen atoms in total. The first-order valence-electron chi connectivity index (χ1n) is 3.94. The first kappa shape index (κ1) is 10.6. The Hall–Kier alpha value is -1.43. The van der Waals surface area contributed by atoms with E-state index in [0.717, 1.165) is 0 Å². The van der Waals surface area contributed by atoms with Gasteiger partial charge in [0.1, 0.15) is 6.33 Å². The molecule has 0 saturated heterocycles. The summed E-state index contributed by atoms with van der Waals surface area (Å²) in [6, 6.07) is 0. The van der Waals surface area contributed by atoms with E-state index in [2.05, 4.69) is 9.97 Å². The Balaban J connectivity index is 3.28. The Morgan fingerprint density at radius 1 is 1.64 bits per heavy atom. The third-order valence-corrected chi connectivity index (χ3v) is 2.05. The summed E-state index contributed by atoms with van der Waals surface area (Å²) in [6.07, 6.45) is 1.21. The average Bonchev–Trinajstić information content (AvgIpc) is 2.15. The van der Waals surface area contributed by atoms with Crippen molar-refractivity contribution < 1.29 is 4.92 Å². The van der Waals surface area contributed by atoms with E-state index in [-0.39, 0.29) is 16.7 Å². The minimum Gasteiger partial charge on any atom is -0.354 e. The molecular formula is C7H9ClN4O2. The lowest BCUT2D eigenvalue weighted by atomic mass is 10.4. The van der Waals surface area contributed by atoms with Crippen molar-refractivity contribution in [3.8, 4) is 0 Å². The maximum Gasteiger partial charge on any atom is 0.348 e. The van der Waals surface area contributed by atoms with E-state index in [9.17, 15) is 10.1 Å². The number of hydrogen-bond acceptors (Lipinski definition) is 5. The molecule has 0 radical (unpaired) electrons. The van der Waals surface area contributed by atoms with Gasteiger partial charge in [0, 0.05) is 13.6 Å². The van der Waals surface area contributed by atoms with E-state index in [1.165, 1.54) is 6.33 Å². The van der Waals surface area contributed by atoms with Gasteiger partial charge in [-0.15, -0.1) is 0 Å². The minimum atomic E-state index is -0.580. The summed E-state index contributed by atoms with van der Waals surface area (Å²) >= 11 is 5.61. The summed E-state index contributed by atoms with van der Waals surface area (Å²) in [6.45, 7) is 2.47. The monoisotopic (exact) mass is 216 g/mol. The van der Waals surface area contributed by atoms with Crippen molar-refractivity contribution in [3.63, 3.8) is 0 Å². The molecule has 0 aliphatic rings. The molecule has 0 atom stereocenters. The summed E-state index contributed by atoms with van der Waals surface area (Å²) in [5.74, 6) is 0.234. The summed E-state index contributed by atoms with van der Waals surface area (Å²) < 4.78 is 0. The van der Waals surface area contributed by atoms with Gasteiger partial charge in [-0.25, -0.2) is 9.97 Å². The lowest BCUT2D eigenvalue weighted by Gasteiger charge is -2.14. The zero-order valence-electron chi connectivity index (χ0n) is 7.77. The zero-order valence-corrected chi connectivity index (χ0v) is 8.52. The molecule has 0 saturated carbocycles. The molecule has 0 aromatic carbocycles. The Bertz CT molecular complexity index is 358. The average molecular weight is 217 g/mol. The number of anilines is 1. The fourth-order valence-electron chi connectivity index (χ4n) is 0.935. The van der Waals surface area contributed by atoms with Gasteiger partial charge in [0.2, 0.25) is 11.0 Å². The maximum absolute atomic E-state index is 10.7. The maximum atomic E-state index is 10.7. The highest BCUT2D eigenvalue weighted by atomic mass is 35.5. The van der Waals surface area contributed by atoms with Crippen LogP contribution in [0.2, 0.25) is 5.15 Å². The van der Waals surface area contributed by atoms with Crippen molar-refractivity contribution in [3.05, 3.63) is 21.6 Å². The van der Waals surface area contributed by atoms with Crippen LogP contribution in [-0.4, -0.2) is 28.5 Å². The van der Waals surface area contributed by atoms with Gasteiger partial charge in [0.05, 0.1) is 4.92 Å². The molecule has 0 aliphatic heterocycles. The van der Waals surface area contributed by atoms with Crippen LogP contribution in [0, 0.1) is 10.1 Å². The van der Waals surface area contributed by atoms with Gasteiger partial charge in [-0.1, -0.05) is 11.6 Å². The van der Waals surface area contributed by atoms with Crippen LogP contribution in [0.1, 0.15) is 6.92 Å². The van der Waals surface area contributed by atoms with Crippen molar-refractivity contribution in [1.29, 1.82) is 0 Å². The molecule has 7 heteroatoms. The topological polar surface area (TPSA) is 72.2 Å². The molecule has 0 N–H and O–H groups in total. The fourth-order valence-corrected chi connectivity index (χ4v) is 1.13. The number of rotatable bonds is 3. The molecule has 14 heavy (non-hydrogen) atoms. The number of nitro groups is 1. The van der Waals surface area contributed by atoms with Crippen LogP contribution < -0.4 is 4.90 Å². The summed E-state index contributed by atoms with van der Waals surface area (Å²) in [5, 5.41) is 10.5. The second kappa shape index (κ2) is 4.19. The minimum absolute atomic E-state index is 0.139. The lowest BCUT2D eigenvalue weighted by Crippen LogP contribution is -2.19. The predicted molar refractivity (Wildman–Crippen MR) is 52.6 cm³/mol. The quantitative estimate of drug-likeness (QED) is 0.435. The van der Waals surface area contributed by atoms with Crippen molar-refractivity contribution in [2.24, 2.45) is 0 Å². The van der Waals surface area contributed by atoms with Crippen LogP contribution in [0.25, 0.3) is 0 Å². The van der Waals surface area contributed by atoms with Crippen molar-refractivity contribution >= 4 is 23.1 Å². The van der Waals surface area contributed by atoms with E-state index in [0.29, 0.717) is 6.54 Å². The lowest BCUT2D eigenvalue weighted by molar-refractivity contribution is -0.384. The van der Waals surface area contributed by atoms with Gasteiger partial charge in [-0.2, -0.15) is 0 Å². The van der Waals surface area contributed by atoms with Crippen LogP contribution in [-0.2, 0) is 0 Å². The van der Waals surface area contributed by atoms with Crippen LogP contribution in [0.4, 0.5) is 11.5 Å². The van der Waals surface area contributed by atoms with E-state index < -0.39 is 4.92 Å². The van der Waals surface area contributed by atoms with Crippen LogP contribution in [0.3, 0.4) is 0 Å².